The Morgan fingerprint density at radius 1 is 0.708 bits per heavy atom. The van der Waals surface area contributed by atoms with Crippen molar-refractivity contribution in [1.29, 1.82) is 0 Å². The molecule has 0 fully saturated rings. The summed E-state index contributed by atoms with van der Waals surface area (Å²) in [5.41, 5.74) is 0. The van der Waals surface area contributed by atoms with Crippen LogP contribution in [0.25, 0.3) is 0 Å². The first-order chi connectivity index (χ1) is 11.3. The molecule has 0 radical (unpaired) electrons. The molecule has 0 saturated carbocycles. The van der Waals surface area contributed by atoms with Crippen LogP contribution < -0.4 is 4.43 Å². The molecule has 0 N–H and O–H groups in total. The van der Waals surface area contributed by atoms with Gasteiger partial charge in [-0.3, -0.25) is 0 Å². The van der Waals surface area contributed by atoms with E-state index in [1.165, 1.54) is 12.8 Å². The normalized spacial score (nSPS) is 11.8. The van der Waals surface area contributed by atoms with Gasteiger partial charge in [0.15, 0.2) is 0 Å². The van der Waals surface area contributed by atoms with Crippen LogP contribution >= 0.6 is 58.0 Å². The van der Waals surface area contributed by atoms with E-state index in [1.54, 1.807) is 0 Å². The first-order valence-electron chi connectivity index (χ1n) is 8.17. The fraction of sp³-hybridized carbons (Fsp3) is 0.625. The van der Waals surface area contributed by atoms with Crippen LogP contribution in [-0.4, -0.2) is 15.2 Å². The van der Waals surface area contributed by atoms with Crippen molar-refractivity contribution in [2.75, 3.05) is 6.61 Å². The van der Waals surface area contributed by atoms with E-state index in [-0.39, 0.29) is 30.9 Å². The predicted molar refractivity (Wildman–Crippen MR) is 109 cm³/mol. The summed E-state index contributed by atoms with van der Waals surface area (Å²) in [5.74, 6) is 0.265. The third-order valence-corrected chi connectivity index (χ3v) is 9.60. The average molecular weight is 453 g/mol. The zero-order valence-electron chi connectivity index (χ0n) is 14.2. The Balaban J connectivity index is 3.00. The van der Waals surface area contributed by atoms with Gasteiger partial charge >= 0.3 is 8.56 Å². The van der Waals surface area contributed by atoms with Crippen molar-refractivity contribution in [3.8, 4) is 5.75 Å². The van der Waals surface area contributed by atoms with Gasteiger partial charge in [-0.25, -0.2) is 0 Å². The number of hydrogen-bond acceptors (Lipinski definition) is 2. The second-order valence-electron chi connectivity index (χ2n) is 5.53. The first-order valence-corrected chi connectivity index (χ1v) is 12.3. The van der Waals surface area contributed by atoms with E-state index in [4.69, 9.17) is 66.9 Å². The van der Waals surface area contributed by atoms with Gasteiger partial charge in [0.05, 0.1) is 15.1 Å². The summed E-state index contributed by atoms with van der Waals surface area (Å²) < 4.78 is 12.4. The smallest absolute Gasteiger partial charge is 0.398 e. The molecular formula is C16H23Cl5O2Si. The maximum atomic E-state index is 6.28. The van der Waals surface area contributed by atoms with Crippen molar-refractivity contribution in [3.05, 3.63) is 25.1 Å². The lowest BCUT2D eigenvalue weighted by Gasteiger charge is -2.30. The Bertz CT molecular complexity index is 521. The summed E-state index contributed by atoms with van der Waals surface area (Å²) >= 11 is 30.8. The summed E-state index contributed by atoms with van der Waals surface area (Å²) in [6.07, 6.45) is 4.55. The fourth-order valence-corrected chi connectivity index (χ4v) is 5.95. The van der Waals surface area contributed by atoms with Crippen LogP contribution in [0.1, 0.15) is 46.5 Å². The molecule has 1 rings (SSSR count). The minimum Gasteiger partial charge on any atom is -0.518 e. The summed E-state index contributed by atoms with van der Waals surface area (Å²) in [4.78, 5) is 0. The zero-order chi connectivity index (χ0) is 18.3. The molecule has 0 unspecified atom stereocenters. The monoisotopic (exact) mass is 450 g/mol. The van der Waals surface area contributed by atoms with Crippen molar-refractivity contribution in [2.45, 2.75) is 58.5 Å². The molecule has 0 spiro atoms. The molecule has 0 bridgehead atoms. The van der Waals surface area contributed by atoms with Gasteiger partial charge in [-0.15, -0.1) is 0 Å². The van der Waals surface area contributed by atoms with Gasteiger partial charge in [-0.05, 0) is 18.5 Å². The van der Waals surface area contributed by atoms with Gasteiger partial charge in [-0.1, -0.05) is 98.0 Å². The number of unbranched alkanes of at least 4 members (excludes halogenated alkanes) is 3. The van der Waals surface area contributed by atoms with Crippen molar-refractivity contribution in [3.63, 3.8) is 0 Å². The minimum absolute atomic E-state index is 0.126. The molecule has 0 atom stereocenters. The third-order valence-electron chi connectivity index (χ3n) is 3.90. The number of rotatable bonds is 10. The molecule has 0 aliphatic carbocycles. The van der Waals surface area contributed by atoms with Crippen LogP contribution in [-0.2, 0) is 4.43 Å². The van der Waals surface area contributed by atoms with E-state index in [0.717, 1.165) is 24.9 Å². The standard InChI is InChI=1S/C16H23Cl5O2Si/c1-4-7-8-9-10-22-24(5-2,6-3)23-16-14(20)12(18)11(17)13(19)15(16)21/h4-10H2,1-3H3. The van der Waals surface area contributed by atoms with Crippen LogP contribution in [0.3, 0.4) is 0 Å². The molecular weight excluding hydrogens is 430 g/mol. The van der Waals surface area contributed by atoms with E-state index in [1.807, 2.05) is 13.8 Å². The Kier molecular flexibility index (Phi) is 10.1. The highest BCUT2D eigenvalue weighted by Crippen LogP contribution is 2.49. The van der Waals surface area contributed by atoms with Crippen molar-refractivity contribution >= 4 is 66.6 Å². The summed E-state index contributed by atoms with van der Waals surface area (Å²) in [5, 5.41) is 0.747. The molecule has 8 heteroatoms. The lowest BCUT2D eigenvalue weighted by molar-refractivity contribution is 0.231. The molecule has 0 aromatic heterocycles. The Morgan fingerprint density at radius 2 is 1.21 bits per heavy atom. The van der Waals surface area contributed by atoms with Gasteiger partial charge in [0.2, 0.25) is 0 Å². The lowest BCUT2D eigenvalue weighted by atomic mass is 10.2. The molecule has 0 heterocycles. The maximum absolute atomic E-state index is 6.28. The number of benzene rings is 1. The van der Waals surface area contributed by atoms with Gasteiger partial charge in [0.25, 0.3) is 0 Å². The molecule has 0 aliphatic heterocycles. The van der Waals surface area contributed by atoms with E-state index in [0.29, 0.717) is 6.61 Å². The molecule has 1 aromatic rings. The van der Waals surface area contributed by atoms with Crippen LogP contribution in [0.5, 0.6) is 5.75 Å². The SMILES string of the molecule is CCCCCCO[Si](CC)(CC)Oc1c(Cl)c(Cl)c(Cl)c(Cl)c1Cl. The van der Waals surface area contributed by atoms with E-state index in [9.17, 15) is 0 Å². The van der Waals surface area contributed by atoms with E-state index in [2.05, 4.69) is 6.92 Å². The molecule has 24 heavy (non-hydrogen) atoms. The Hall–Kier alpha value is 0.647. The second kappa shape index (κ2) is 10.7. The maximum Gasteiger partial charge on any atom is 0.398 e. The average Bonchev–Trinajstić information content (AvgIpc) is 2.60. The van der Waals surface area contributed by atoms with Crippen LogP contribution in [0, 0.1) is 0 Å². The largest absolute Gasteiger partial charge is 0.518 e. The van der Waals surface area contributed by atoms with Gasteiger partial charge < -0.3 is 8.85 Å². The zero-order valence-corrected chi connectivity index (χ0v) is 18.9. The Morgan fingerprint density at radius 3 is 1.67 bits per heavy atom. The predicted octanol–water partition coefficient (Wildman–Crippen LogP) is 8.41. The van der Waals surface area contributed by atoms with E-state index < -0.39 is 8.56 Å². The highest BCUT2D eigenvalue weighted by atomic mass is 35.5. The summed E-state index contributed by atoms with van der Waals surface area (Å²) in [6.45, 7) is 6.93. The number of hydrogen-bond donors (Lipinski definition) is 0. The van der Waals surface area contributed by atoms with Crippen molar-refractivity contribution in [1.82, 2.24) is 0 Å². The lowest BCUT2D eigenvalue weighted by Crippen LogP contribution is -2.44. The fourth-order valence-electron chi connectivity index (χ4n) is 2.28. The molecule has 1 aromatic carbocycles. The van der Waals surface area contributed by atoms with Crippen LogP contribution in [0.4, 0.5) is 0 Å². The van der Waals surface area contributed by atoms with E-state index >= 15 is 0 Å². The van der Waals surface area contributed by atoms with Crippen LogP contribution in [0.15, 0.2) is 0 Å². The molecule has 2 nitrogen and oxygen atoms in total. The van der Waals surface area contributed by atoms with Gasteiger partial charge in [0, 0.05) is 6.61 Å². The van der Waals surface area contributed by atoms with Gasteiger partial charge in [-0.2, -0.15) is 0 Å². The van der Waals surface area contributed by atoms with Crippen molar-refractivity contribution in [2.24, 2.45) is 0 Å². The highest BCUT2D eigenvalue weighted by molar-refractivity contribution is 6.68. The van der Waals surface area contributed by atoms with Gasteiger partial charge in [0.1, 0.15) is 15.8 Å². The first kappa shape index (κ1) is 22.7. The molecule has 0 aliphatic rings. The second-order valence-corrected chi connectivity index (χ2v) is 11.1. The summed E-state index contributed by atoms with van der Waals surface area (Å²) in [7, 11) is -2.50. The topological polar surface area (TPSA) is 18.5 Å². The highest BCUT2D eigenvalue weighted by Gasteiger charge is 2.38. The Labute approximate surface area is 170 Å². The quantitative estimate of drug-likeness (QED) is 0.153. The molecule has 0 amide bonds. The summed E-state index contributed by atoms with van der Waals surface area (Å²) in [6, 6.07) is 1.53. The number of halogens is 5. The molecule has 138 valence electrons. The van der Waals surface area contributed by atoms with Crippen molar-refractivity contribution < 1.29 is 8.85 Å². The molecule has 0 saturated heterocycles. The third kappa shape index (κ3) is 5.57. The van der Waals surface area contributed by atoms with Crippen LogP contribution in [0.2, 0.25) is 37.2 Å². The minimum atomic E-state index is -2.50.